The van der Waals surface area contributed by atoms with Crippen LogP contribution in [0.4, 0.5) is 0 Å². The minimum atomic E-state index is -0.268. The highest BCUT2D eigenvalue weighted by Gasteiger charge is 2.28. The lowest BCUT2D eigenvalue weighted by Crippen LogP contribution is -2.11. The SMILES string of the molecule is COC1CO[C](c2ccccc2)O1. The molecule has 1 heterocycles. The topological polar surface area (TPSA) is 27.7 Å². The van der Waals surface area contributed by atoms with Crippen molar-refractivity contribution in [3.8, 4) is 0 Å². The minimum absolute atomic E-state index is 0.268. The van der Waals surface area contributed by atoms with E-state index in [1.54, 1.807) is 7.11 Å². The van der Waals surface area contributed by atoms with E-state index in [-0.39, 0.29) is 6.29 Å². The predicted molar refractivity (Wildman–Crippen MR) is 46.6 cm³/mol. The van der Waals surface area contributed by atoms with E-state index in [1.165, 1.54) is 0 Å². The molecule has 1 aliphatic heterocycles. The van der Waals surface area contributed by atoms with Gasteiger partial charge in [0.15, 0.2) is 6.29 Å². The molecular formula is C10H11O3. The molecule has 1 unspecified atom stereocenters. The van der Waals surface area contributed by atoms with Gasteiger partial charge in [0.2, 0.25) is 0 Å². The lowest BCUT2D eigenvalue weighted by atomic mass is 10.2. The Labute approximate surface area is 77.2 Å². The van der Waals surface area contributed by atoms with Crippen molar-refractivity contribution >= 4 is 0 Å². The van der Waals surface area contributed by atoms with E-state index >= 15 is 0 Å². The second-order valence-electron chi connectivity index (χ2n) is 2.75. The quantitative estimate of drug-likeness (QED) is 0.689. The largest absolute Gasteiger partial charge is 0.353 e. The fourth-order valence-corrected chi connectivity index (χ4v) is 1.17. The predicted octanol–water partition coefficient (Wildman–Crippen LogP) is 1.54. The van der Waals surface area contributed by atoms with Crippen LogP contribution in [0.1, 0.15) is 5.56 Å². The highest BCUT2D eigenvalue weighted by Crippen LogP contribution is 2.25. The molecule has 1 aromatic rings. The number of rotatable bonds is 2. The molecule has 1 saturated heterocycles. The smallest absolute Gasteiger partial charge is 0.258 e. The zero-order chi connectivity index (χ0) is 9.10. The van der Waals surface area contributed by atoms with Gasteiger partial charge in [0.25, 0.3) is 6.29 Å². The zero-order valence-electron chi connectivity index (χ0n) is 7.40. The molecule has 0 amide bonds. The van der Waals surface area contributed by atoms with Crippen molar-refractivity contribution in [1.29, 1.82) is 0 Å². The Morgan fingerprint density at radius 1 is 1.31 bits per heavy atom. The molecule has 69 valence electrons. The first-order valence-corrected chi connectivity index (χ1v) is 4.15. The molecule has 0 bridgehead atoms. The first kappa shape index (κ1) is 8.69. The van der Waals surface area contributed by atoms with Crippen LogP contribution in [0, 0.1) is 6.29 Å². The van der Waals surface area contributed by atoms with Crippen molar-refractivity contribution < 1.29 is 14.2 Å². The number of ether oxygens (including phenoxy) is 3. The highest BCUT2D eigenvalue weighted by atomic mass is 16.8. The average molecular weight is 179 g/mol. The third kappa shape index (κ3) is 1.88. The van der Waals surface area contributed by atoms with Crippen LogP contribution in [-0.4, -0.2) is 20.0 Å². The number of benzene rings is 1. The Morgan fingerprint density at radius 2 is 2.08 bits per heavy atom. The zero-order valence-corrected chi connectivity index (χ0v) is 7.40. The maximum atomic E-state index is 5.37. The molecule has 3 nitrogen and oxygen atoms in total. The van der Waals surface area contributed by atoms with Crippen LogP contribution in [0.3, 0.4) is 0 Å². The standard InChI is InChI=1S/C10H11O3/c1-11-9-7-12-10(13-9)8-5-3-2-4-6-8/h2-6,9H,7H2,1H3. The molecule has 1 fully saturated rings. The highest BCUT2D eigenvalue weighted by molar-refractivity contribution is 5.24. The molecule has 1 aromatic carbocycles. The van der Waals surface area contributed by atoms with Crippen LogP contribution in [-0.2, 0) is 14.2 Å². The van der Waals surface area contributed by atoms with Crippen molar-refractivity contribution in [2.24, 2.45) is 0 Å². The molecule has 2 rings (SSSR count). The van der Waals surface area contributed by atoms with E-state index < -0.39 is 0 Å². The van der Waals surface area contributed by atoms with Crippen molar-refractivity contribution in [3.63, 3.8) is 0 Å². The average Bonchev–Trinajstić information content (AvgIpc) is 2.67. The summed E-state index contributed by atoms with van der Waals surface area (Å²) in [6.07, 6.45) is 0.280. The molecule has 3 heteroatoms. The molecule has 0 aromatic heterocycles. The maximum absolute atomic E-state index is 5.37. The fourth-order valence-electron chi connectivity index (χ4n) is 1.17. The van der Waals surface area contributed by atoms with Gasteiger partial charge in [0, 0.05) is 12.7 Å². The van der Waals surface area contributed by atoms with Gasteiger partial charge in [-0.25, -0.2) is 0 Å². The lowest BCUT2D eigenvalue weighted by Gasteiger charge is -2.07. The van der Waals surface area contributed by atoms with Gasteiger partial charge in [-0.05, 0) is 0 Å². The molecule has 1 aliphatic rings. The summed E-state index contributed by atoms with van der Waals surface area (Å²) in [7, 11) is 1.60. The van der Waals surface area contributed by atoms with E-state index in [0.717, 1.165) is 5.56 Å². The summed E-state index contributed by atoms with van der Waals surface area (Å²) >= 11 is 0. The summed E-state index contributed by atoms with van der Waals surface area (Å²) in [5.41, 5.74) is 0.946. The summed E-state index contributed by atoms with van der Waals surface area (Å²) in [6.45, 7) is 0.459. The van der Waals surface area contributed by atoms with Crippen LogP contribution in [0.25, 0.3) is 0 Å². The molecule has 1 atom stereocenters. The second-order valence-corrected chi connectivity index (χ2v) is 2.75. The summed E-state index contributed by atoms with van der Waals surface area (Å²) < 4.78 is 15.7. The van der Waals surface area contributed by atoms with Crippen molar-refractivity contribution in [2.45, 2.75) is 6.29 Å². The monoisotopic (exact) mass is 179 g/mol. The van der Waals surface area contributed by atoms with Crippen LogP contribution in [0.5, 0.6) is 0 Å². The van der Waals surface area contributed by atoms with Gasteiger partial charge in [-0.15, -0.1) is 0 Å². The van der Waals surface area contributed by atoms with Crippen molar-refractivity contribution in [1.82, 2.24) is 0 Å². The molecule has 0 aliphatic carbocycles. The molecule has 0 spiro atoms. The fraction of sp³-hybridized carbons (Fsp3) is 0.300. The first-order valence-electron chi connectivity index (χ1n) is 4.15. The Morgan fingerprint density at radius 3 is 2.69 bits per heavy atom. The Kier molecular flexibility index (Phi) is 2.59. The molecular weight excluding hydrogens is 168 g/mol. The molecule has 0 saturated carbocycles. The van der Waals surface area contributed by atoms with E-state index in [0.29, 0.717) is 12.9 Å². The van der Waals surface area contributed by atoms with Gasteiger partial charge in [-0.3, -0.25) is 0 Å². The van der Waals surface area contributed by atoms with Crippen LogP contribution >= 0.6 is 0 Å². The summed E-state index contributed by atoms with van der Waals surface area (Å²) in [5, 5.41) is 0. The van der Waals surface area contributed by atoms with Gasteiger partial charge in [-0.2, -0.15) is 0 Å². The number of methoxy groups -OCH3 is 1. The van der Waals surface area contributed by atoms with E-state index in [9.17, 15) is 0 Å². The second kappa shape index (κ2) is 3.87. The summed E-state index contributed by atoms with van der Waals surface area (Å²) in [6, 6.07) is 9.71. The van der Waals surface area contributed by atoms with Crippen LogP contribution < -0.4 is 0 Å². The first-order chi connectivity index (χ1) is 6.40. The minimum Gasteiger partial charge on any atom is -0.353 e. The van der Waals surface area contributed by atoms with E-state index in [2.05, 4.69) is 0 Å². The van der Waals surface area contributed by atoms with Gasteiger partial charge in [0.1, 0.15) is 6.61 Å². The molecule has 13 heavy (non-hydrogen) atoms. The summed E-state index contributed by atoms with van der Waals surface area (Å²) in [4.78, 5) is 0. The van der Waals surface area contributed by atoms with Crippen LogP contribution in [0.2, 0.25) is 0 Å². The van der Waals surface area contributed by atoms with Gasteiger partial charge in [-0.1, -0.05) is 30.3 Å². The van der Waals surface area contributed by atoms with Crippen LogP contribution in [0.15, 0.2) is 30.3 Å². The van der Waals surface area contributed by atoms with Gasteiger partial charge >= 0.3 is 0 Å². The Balaban J connectivity index is 2.04. The van der Waals surface area contributed by atoms with E-state index in [1.807, 2.05) is 30.3 Å². The van der Waals surface area contributed by atoms with Crippen molar-refractivity contribution in [3.05, 3.63) is 42.2 Å². The third-order valence-electron chi connectivity index (χ3n) is 1.86. The molecule has 1 radical (unpaired) electrons. The summed E-state index contributed by atoms with van der Waals surface area (Å²) in [5.74, 6) is 0. The number of hydrogen-bond donors (Lipinski definition) is 0. The van der Waals surface area contributed by atoms with Crippen molar-refractivity contribution in [2.75, 3.05) is 13.7 Å². The Bertz CT molecular complexity index is 260. The number of hydrogen-bond acceptors (Lipinski definition) is 3. The lowest BCUT2D eigenvalue weighted by molar-refractivity contribution is -0.0749. The molecule has 0 N–H and O–H groups in total. The normalized spacial score (nSPS) is 23.6. The Hall–Kier alpha value is -0.900. The van der Waals surface area contributed by atoms with Gasteiger partial charge < -0.3 is 14.2 Å². The van der Waals surface area contributed by atoms with E-state index in [4.69, 9.17) is 14.2 Å². The maximum Gasteiger partial charge on any atom is 0.258 e. The third-order valence-corrected chi connectivity index (χ3v) is 1.86. The van der Waals surface area contributed by atoms with Gasteiger partial charge in [0.05, 0.1) is 0 Å².